The second-order valence-electron chi connectivity index (χ2n) is 5.45. The van der Waals surface area contributed by atoms with Crippen molar-refractivity contribution in [2.75, 3.05) is 35.7 Å². The molecule has 0 saturated carbocycles. The first-order valence-electron chi connectivity index (χ1n) is 7.25. The van der Waals surface area contributed by atoms with Gasteiger partial charge in [0, 0.05) is 18.7 Å². The van der Waals surface area contributed by atoms with Gasteiger partial charge >= 0.3 is 0 Å². The molecule has 2 aliphatic heterocycles. The van der Waals surface area contributed by atoms with E-state index in [4.69, 9.17) is 10.5 Å². The lowest BCUT2D eigenvalue weighted by Gasteiger charge is -2.38. The Morgan fingerprint density at radius 1 is 1.45 bits per heavy atom. The van der Waals surface area contributed by atoms with Crippen molar-refractivity contribution in [1.29, 1.82) is 0 Å². The number of nitrogens with zero attached hydrogens (tertiary/aromatic N) is 1. The number of benzene rings is 1. The van der Waals surface area contributed by atoms with Gasteiger partial charge in [0.05, 0.1) is 30.6 Å². The van der Waals surface area contributed by atoms with Crippen LogP contribution < -0.4 is 16.0 Å². The summed E-state index contributed by atoms with van der Waals surface area (Å²) in [5.41, 5.74) is 10.1. The van der Waals surface area contributed by atoms with E-state index in [0.717, 1.165) is 49.7 Å². The van der Waals surface area contributed by atoms with Crippen LogP contribution in [0.15, 0.2) is 12.1 Å². The van der Waals surface area contributed by atoms with Crippen LogP contribution in [-0.2, 0) is 16.0 Å². The summed E-state index contributed by atoms with van der Waals surface area (Å²) in [6.45, 7) is 4.53. The van der Waals surface area contributed by atoms with Crippen LogP contribution >= 0.6 is 0 Å². The van der Waals surface area contributed by atoms with Crippen molar-refractivity contribution in [3.63, 3.8) is 0 Å². The van der Waals surface area contributed by atoms with Crippen molar-refractivity contribution in [2.45, 2.75) is 32.2 Å². The molecular weight excluding hydrogens is 254 g/mol. The average Bonchev–Trinajstić information content (AvgIpc) is 2.46. The quantitative estimate of drug-likeness (QED) is 0.807. The lowest BCUT2D eigenvalue weighted by atomic mass is 10.00. The molecule has 1 saturated heterocycles. The van der Waals surface area contributed by atoms with Crippen LogP contribution in [0, 0.1) is 0 Å². The van der Waals surface area contributed by atoms with Gasteiger partial charge in [0.1, 0.15) is 0 Å². The number of rotatable bonds is 2. The van der Waals surface area contributed by atoms with Crippen molar-refractivity contribution in [2.24, 2.45) is 0 Å². The van der Waals surface area contributed by atoms with E-state index in [2.05, 4.69) is 23.2 Å². The summed E-state index contributed by atoms with van der Waals surface area (Å²) in [6, 6.07) is 4.41. The number of carbonyl (C=O) groups is 1. The number of hydrogen-bond acceptors (Lipinski definition) is 4. The lowest BCUT2D eigenvalue weighted by Crippen LogP contribution is -2.45. The van der Waals surface area contributed by atoms with Gasteiger partial charge in [0.2, 0.25) is 5.91 Å². The van der Waals surface area contributed by atoms with E-state index in [-0.39, 0.29) is 5.91 Å². The molecule has 0 bridgehead atoms. The Hall–Kier alpha value is -1.75. The van der Waals surface area contributed by atoms with Crippen LogP contribution in [0.25, 0.3) is 0 Å². The monoisotopic (exact) mass is 275 g/mol. The molecule has 0 aromatic heterocycles. The van der Waals surface area contributed by atoms with Crippen molar-refractivity contribution in [3.8, 4) is 0 Å². The summed E-state index contributed by atoms with van der Waals surface area (Å²) in [5, 5.41) is 2.89. The molecule has 0 spiro atoms. The smallest absolute Gasteiger partial charge is 0.224 e. The van der Waals surface area contributed by atoms with Gasteiger partial charge in [-0.2, -0.15) is 0 Å². The fourth-order valence-electron chi connectivity index (χ4n) is 2.99. The Balaban J connectivity index is 1.95. The molecule has 5 heteroatoms. The molecule has 1 amide bonds. The number of anilines is 3. The number of nitrogen functional groups attached to an aromatic ring is 1. The predicted octanol–water partition coefficient (Wildman–Crippen LogP) is 1.77. The largest absolute Gasteiger partial charge is 0.397 e. The van der Waals surface area contributed by atoms with E-state index < -0.39 is 0 Å². The number of fused-ring (bicyclic) bond motifs is 1. The van der Waals surface area contributed by atoms with Crippen LogP contribution in [0.5, 0.6) is 0 Å². The molecule has 108 valence electrons. The molecule has 3 N–H and O–H groups in total. The third-order valence-electron chi connectivity index (χ3n) is 4.16. The van der Waals surface area contributed by atoms with Gasteiger partial charge in [-0.3, -0.25) is 4.79 Å². The van der Waals surface area contributed by atoms with Crippen LogP contribution in [0.2, 0.25) is 0 Å². The fourth-order valence-corrected chi connectivity index (χ4v) is 2.99. The molecule has 5 nitrogen and oxygen atoms in total. The summed E-state index contributed by atoms with van der Waals surface area (Å²) >= 11 is 0. The number of aryl methyl sites for hydroxylation is 1. The first-order chi connectivity index (χ1) is 9.69. The van der Waals surface area contributed by atoms with Gasteiger partial charge < -0.3 is 20.7 Å². The first-order valence-corrected chi connectivity index (χ1v) is 7.25. The van der Waals surface area contributed by atoms with Crippen molar-refractivity contribution < 1.29 is 9.53 Å². The highest BCUT2D eigenvalue weighted by atomic mass is 16.5. The highest BCUT2D eigenvalue weighted by Gasteiger charge is 2.25. The Kier molecular flexibility index (Phi) is 3.53. The second-order valence-corrected chi connectivity index (χ2v) is 5.45. The highest BCUT2D eigenvalue weighted by Crippen LogP contribution is 2.35. The minimum Gasteiger partial charge on any atom is -0.397 e. The van der Waals surface area contributed by atoms with E-state index in [1.807, 2.05) is 6.07 Å². The number of amides is 1. The maximum atomic E-state index is 11.4. The summed E-state index contributed by atoms with van der Waals surface area (Å²) in [6.07, 6.45) is 2.37. The Labute approximate surface area is 119 Å². The molecule has 1 aromatic rings. The third kappa shape index (κ3) is 2.33. The standard InChI is InChI=1S/C15H21N3O2/c1-2-11-9-20-6-5-18(11)14-7-10-3-4-15(19)17-13(10)8-12(14)16/h7-8,11H,2-6,9,16H2,1H3,(H,17,19). The number of morpholine rings is 1. The summed E-state index contributed by atoms with van der Waals surface area (Å²) in [5.74, 6) is 0.0717. The van der Waals surface area contributed by atoms with E-state index in [1.165, 1.54) is 5.56 Å². The Morgan fingerprint density at radius 3 is 3.10 bits per heavy atom. The molecule has 1 atom stereocenters. The Morgan fingerprint density at radius 2 is 2.30 bits per heavy atom. The number of carbonyl (C=O) groups excluding carboxylic acids is 1. The SMILES string of the molecule is CCC1COCCN1c1cc2c(cc1N)NC(=O)CC2. The zero-order valence-electron chi connectivity index (χ0n) is 11.8. The third-order valence-corrected chi connectivity index (χ3v) is 4.16. The summed E-state index contributed by atoms with van der Waals surface area (Å²) < 4.78 is 5.55. The summed E-state index contributed by atoms with van der Waals surface area (Å²) in [4.78, 5) is 13.8. The number of ether oxygens (including phenoxy) is 1. The van der Waals surface area contributed by atoms with Crippen LogP contribution in [0.1, 0.15) is 25.3 Å². The predicted molar refractivity (Wildman–Crippen MR) is 80.0 cm³/mol. The number of nitrogens with two attached hydrogens (primary N) is 1. The van der Waals surface area contributed by atoms with E-state index >= 15 is 0 Å². The molecule has 2 heterocycles. The van der Waals surface area contributed by atoms with Crippen LogP contribution in [-0.4, -0.2) is 31.7 Å². The molecule has 1 unspecified atom stereocenters. The zero-order valence-corrected chi connectivity index (χ0v) is 11.8. The van der Waals surface area contributed by atoms with Gasteiger partial charge in [0.25, 0.3) is 0 Å². The number of hydrogen-bond donors (Lipinski definition) is 2. The minimum absolute atomic E-state index is 0.0717. The summed E-state index contributed by atoms with van der Waals surface area (Å²) in [7, 11) is 0. The molecule has 1 fully saturated rings. The topological polar surface area (TPSA) is 67.6 Å². The molecule has 2 aliphatic rings. The molecule has 20 heavy (non-hydrogen) atoms. The van der Waals surface area contributed by atoms with Crippen LogP contribution in [0.4, 0.5) is 17.1 Å². The van der Waals surface area contributed by atoms with Crippen molar-refractivity contribution in [1.82, 2.24) is 0 Å². The average molecular weight is 275 g/mol. The van der Waals surface area contributed by atoms with Gasteiger partial charge in [-0.15, -0.1) is 0 Å². The van der Waals surface area contributed by atoms with Gasteiger partial charge in [-0.1, -0.05) is 6.92 Å². The van der Waals surface area contributed by atoms with Gasteiger partial charge in [-0.05, 0) is 30.5 Å². The minimum atomic E-state index is 0.0717. The van der Waals surface area contributed by atoms with E-state index in [1.54, 1.807) is 0 Å². The normalized spacial score (nSPS) is 22.4. The van der Waals surface area contributed by atoms with Crippen LogP contribution in [0.3, 0.4) is 0 Å². The van der Waals surface area contributed by atoms with Crippen molar-refractivity contribution >= 4 is 23.0 Å². The Bertz CT molecular complexity index is 530. The van der Waals surface area contributed by atoms with Gasteiger partial charge in [-0.25, -0.2) is 0 Å². The highest BCUT2D eigenvalue weighted by molar-refractivity contribution is 5.95. The molecule has 3 rings (SSSR count). The van der Waals surface area contributed by atoms with E-state index in [9.17, 15) is 4.79 Å². The fraction of sp³-hybridized carbons (Fsp3) is 0.533. The lowest BCUT2D eigenvalue weighted by molar-refractivity contribution is -0.116. The van der Waals surface area contributed by atoms with Crippen molar-refractivity contribution in [3.05, 3.63) is 17.7 Å². The maximum Gasteiger partial charge on any atom is 0.224 e. The second kappa shape index (κ2) is 5.32. The molecule has 0 radical (unpaired) electrons. The molecule has 0 aliphatic carbocycles. The van der Waals surface area contributed by atoms with E-state index in [0.29, 0.717) is 12.5 Å². The molecule has 1 aromatic carbocycles. The maximum absolute atomic E-state index is 11.4. The molecular formula is C15H21N3O2. The number of nitrogens with one attached hydrogen (secondary N) is 1. The van der Waals surface area contributed by atoms with Gasteiger partial charge in [0.15, 0.2) is 0 Å². The first kappa shape index (κ1) is 13.2. The zero-order chi connectivity index (χ0) is 14.1.